The zero-order chi connectivity index (χ0) is 12.6. The van der Waals surface area contributed by atoms with E-state index in [1.807, 2.05) is 19.1 Å². The molecule has 0 bridgehead atoms. The van der Waals surface area contributed by atoms with Crippen LogP contribution in [0.5, 0.6) is 0 Å². The number of aromatic nitrogens is 2. The Morgan fingerprint density at radius 1 is 1.24 bits per heavy atom. The molecule has 90 valence electrons. The lowest BCUT2D eigenvalue weighted by atomic mass is 9.95. The standard InChI is InChI=1S/C13H15ClN2O/c1-8-10(9-6-5-7-17-9)15-12(13(2,3)4)16-11(8)14/h5-7H,1-4H3. The Kier molecular flexibility index (Phi) is 2.96. The van der Waals surface area contributed by atoms with Gasteiger partial charge in [-0.1, -0.05) is 32.4 Å². The Balaban J connectivity index is 2.64. The second kappa shape index (κ2) is 4.15. The van der Waals surface area contributed by atoms with Gasteiger partial charge < -0.3 is 4.42 Å². The molecule has 0 fully saturated rings. The van der Waals surface area contributed by atoms with Crippen molar-refractivity contribution in [2.45, 2.75) is 33.1 Å². The Hall–Kier alpha value is -1.35. The van der Waals surface area contributed by atoms with Gasteiger partial charge in [0.25, 0.3) is 0 Å². The van der Waals surface area contributed by atoms with Crippen LogP contribution in [0.25, 0.3) is 11.5 Å². The third kappa shape index (κ3) is 2.34. The number of rotatable bonds is 1. The van der Waals surface area contributed by atoms with Crippen LogP contribution >= 0.6 is 11.6 Å². The van der Waals surface area contributed by atoms with Crippen LogP contribution in [-0.2, 0) is 5.41 Å². The van der Waals surface area contributed by atoms with E-state index in [1.54, 1.807) is 6.26 Å². The minimum absolute atomic E-state index is 0.140. The summed E-state index contributed by atoms with van der Waals surface area (Å²) in [6.07, 6.45) is 1.63. The number of halogens is 1. The van der Waals surface area contributed by atoms with Gasteiger partial charge in [-0.05, 0) is 19.1 Å². The van der Waals surface area contributed by atoms with Gasteiger partial charge >= 0.3 is 0 Å². The topological polar surface area (TPSA) is 38.9 Å². The highest BCUT2D eigenvalue weighted by molar-refractivity contribution is 6.30. The molecule has 2 rings (SSSR count). The lowest BCUT2D eigenvalue weighted by Gasteiger charge is -2.18. The van der Waals surface area contributed by atoms with Crippen molar-refractivity contribution in [3.05, 3.63) is 34.9 Å². The van der Waals surface area contributed by atoms with Crippen LogP contribution in [0.4, 0.5) is 0 Å². The van der Waals surface area contributed by atoms with E-state index in [4.69, 9.17) is 16.0 Å². The molecular weight excluding hydrogens is 236 g/mol. The maximum Gasteiger partial charge on any atom is 0.152 e. The summed E-state index contributed by atoms with van der Waals surface area (Å²) in [4.78, 5) is 8.88. The van der Waals surface area contributed by atoms with Crippen molar-refractivity contribution < 1.29 is 4.42 Å². The predicted octanol–water partition coefficient (Wildman–Crippen LogP) is 4.00. The summed E-state index contributed by atoms with van der Waals surface area (Å²) in [5.41, 5.74) is 1.47. The second-order valence-electron chi connectivity index (χ2n) is 5.04. The first kappa shape index (κ1) is 12.1. The smallest absolute Gasteiger partial charge is 0.152 e. The molecule has 2 heterocycles. The van der Waals surface area contributed by atoms with Crippen LogP contribution in [0, 0.1) is 6.92 Å². The predicted molar refractivity (Wildman–Crippen MR) is 68.2 cm³/mol. The average molecular weight is 251 g/mol. The van der Waals surface area contributed by atoms with Crippen molar-refractivity contribution >= 4 is 11.6 Å². The second-order valence-corrected chi connectivity index (χ2v) is 5.40. The summed E-state index contributed by atoms with van der Waals surface area (Å²) in [7, 11) is 0. The van der Waals surface area contributed by atoms with Crippen molar-refractivity contribution in [3.8, 4) is 11.5 Å². The van der Waals surface area contributed by atoms with Gasteiger partial charge in [-0.3, -0.25) is 0 Å². The van der Waals surface area contributed by atoms with Gasteiger partial charge in [-0.15, -0.1) is 0 Å². The summed E-state index contributed by atoms with van der Waals surface area (Å²) in [6, 6.07) is 3.71. The van der Waals surface area contributed by atoms with Gasteiger partial charge in [0.2, 0.25) is 0 Å². The number of furan rings is 1. The molecule has 2 aromatic rings. The van der Waals surface area contributed by atoms with Gasteiger partial charge in [0.1, 0.15) is 16.7 Å². The van der Waals surface area contributed by atoms with E-state index in [0.717, 1.165) is 22.8 Å². The Morgan fingerprint density at radius 2 is 1.94 bits per heavy atom. The summed E-state index contributed by atoms with van der Waals surface area (Å²) in [6.45, 7) is 8.06. The van der Waals surface area contributed by atoms with Gasteiger partial charge in [0.05, 0.1) is 6.26 Å². The third-order valence-corrected chi connectivity index (χ3v) is 2.88. The molecule has 2 aromatic heterocycles. The van der Waals surface area contributed by atoms with Crippen LogP contribution in [0.3, 0.4) is 0 Å². The third-order valence-electron chi connectivity index (χ3n) is 2.51. The molecule has 0 unspecified atom stereocenters. The molecule has 0 radical (unpaired) electrons. The number of hydrogen-bond acceptors (Lipinski definition) is 3. The van der Waals surface area contributed by atoms with Crippen molar-refractivity contribution in [2.24, 2.45) is 0 Å². The molecule has 0 aliphatic carbocycles. The molecule has 0 atom stereocenters. The van der Waals surface area contributed by atoms with E-state index >= 15 is 0 Å². The monoisotopic (exact) mass is 250 g/mol. The van der Waals surface area contributed by atoms with Crippen molar-refractivity contribution in [1.29, 1.82) is 0 Å². The molecule has 0 N–H and O–H groups in total. The van der Waals surface area contributed by atoms with Crippen molar-refractivity contribution in [3.63, 3.8) is 0 Å². The maximum absolute atomic E-state index is 6.15. The first-order valence-electron chi connectivity index (χ1n) is 5.48. The van der Waals surface area contributed by atoms with E-state index in [0.29, 0.717) is 5.15 Å². The fraction of sp³-hybridized carbons (Fsp3) is 0.385. The van der Waals surface area contributed by atoms with Crippen molar-refractivity contribution in [1.82, 2.24) is 9.97 Å². The SMILES string of the molecule is Cc1c(Cl)nc(C(C)(C)C)nc1-c1ccco1. The molecule has 4 heteroatoms. The number of nitrogens with zero attached hydrogens (tertiary/aromatic N) is 2. The van der Waals surface area contributed by atoms with Crippen LogP contribution in [0.1, 0.15) is 32.2 Å². The molecule has 3 nitrogen and oxygen atoms in total. The summed E-state index contributed by atoms with van der Waals surface area (Å²) in [5.74, 6) is 1.44. The fourth-order valence-electron chi connectivity index (χ4n) is 1.48. The summed E-state index contributed by atoms with van der Waals surface area (Å²) < 4.78 is 5.37. The van der Waals surface area contributed by atoms with Gasteiger partial charge in [0.15, 0.2) is 5.76 Å². The first-order chi connectivity index (χ1) is 7.89. The largest absolute Gasteiger partial charge is 0.463 e. The van der Waals surface area contributed by atoms with Gasteiger partial charge in [-0.25, -0.2) is 9.97 Å². The van der Waals surface area contributed by atoms with Gasteiger partial charge in [-0.2, -0.15) is 0 Å². The van der Waals surface area contributed by atoms with E-state index in [1.165, 1.54) is 0 Å². The average Bonchev–Trinajstić information content (AvgIpc) is 2.73. The van der Waals surface area contributed by atoms with Crippen LogP contribution in [-0.4, -0.2) is 9.97 Å². The minimum atomic E-state index is -0.140. The first-order valence-corrected chi connectivity index (χ1v) is 5.86. The zero-order valence-corrected chi connectivity index (χ0v) is 11.2. The van der Waals surface area contributed by atoms with E-state index in [9.17, 15) is 0 Å². The van der Waals surface area contributed by atoms with Crippen LogP contribution < -0.4 is 0 Å². The lowest BCUT2D eigenvalue weighted by Crippen LogP contribution is -2.17. The molecule has 0 amide bonds. The molecule has 17 heavy (non-hydrogen) atoms. The van der Waals surface area contributed by atoms with Crippen LogP contribution in [0.2, 0.25) is 5.15 Å². The molecule has 0 spiro atoms. The highest BCUT2D eigenvalue weighted by Crippen LogP contribution is 2.29. The van der Waals surface area contributed by atoms with Crippen LogP contribution in [0.15, 0.2) is 22.8 Å². The number of hydrogen-bond donors (Lipinski definition) is 0. The highest BCUT2D eigenvalue weighted by Gasteiger charge is 2.21. The Labute approximate surface area is 106 Å². The maximum atomic E-state index is 6.15. The molecular formula is C13H15ClN2O. The fourth-order valence-corrected chi connectivity index (χ4v) is 1.65. The minimum Gasteiger partial charge on any atom is -0.463 e. The summed E-state index contributed by atoms with van der Waals surface area (Å²) in [5, 5.41) is 0.483. The highest BCUT2D eigenvalue weighted by atomic mass is 35.5. The normalized spacial score (nSPS) is 11.8. The molecule has 0 saturated carbocycles. The van der Waals surface area contributed by atoms with Crippen molar-refractivity contribution in [2.75, 3.05) is 0 Å². The van der Waals surface area contributed by atoms with E-state index in [-0.39, 0.29) is 5.41 Å². The summed E-state index contributed by atoms with van der Waals surface area (Å²) >= 11 is 6.15. The quantitative estimate of drug-likeness (QED) is 0.718. The Morgan fingerprint density at radius 3 is 2.47 bits per heavy atom. The molecule has 0 saturated heterocycles. The van der Waals surface area contributed by atoms with E-state index < -0.39 is 0 Å². The molecule has 0 aliphatic heterocycles. The zero-order valence-electron chi connectivity index (χ0n) is 10.4. The molecule has 0 aliphatic rings. The lowest BCUT2D eigenvalue weighted by molar-refractivity contribution is 0.540. The molecule has 0 aromatic carbocycles. The van der Waals surface area contributed by atoms with Gasteiger partial charge in [0, 0.05) is 11.0 Å². The van der Waals surface area contributed by atoms with E-state index in [2.05, 4.69) is 30.7 Å². The Bertz CT molecular complexity index is 527.